The zero-order valence-electron chi connectivity index (χ0n) is 23.2. The SMILES string of the molecule is c1ccc2c(c1)ccc1cc(-c3nc4ccccc4nc3-c3ccc(-c4cccc5oc6ccccc6c45)cc3)ccc12. The number of hydrogen-bond acceptors (Lipinski definition) is 3. The topological polar surface area (TPSA) is 38.9 Å². The highest BCUT2D eigenvalue weighted by Gasteiger charge is 2.16. The molecule has 3 nitrogen and oxygen atoms in total. The molecule has 0 aliphatic carbocycles. The summed E-state index contributed by atoms with van der Waals surface area (Å²) in [7, 11) is 0. The quantitative estimate of drug-likeness (QED) is 0.206. The Balaban J connectivity index is 1.21. The minimum Gasteiger partial charge on any atom is -0.456 e. The van der Waals surface area contributed by atoms with Gasteiger partial charge in [0.05, 0.1) is 22.4 Å². The Morgan fingerprint density at radius 2 is 1.00 bits per heavy atom. The zero-order valence-corrected chi connectivity index (χ0v) is 23.2. The second kappa shape index (κ2) is 9.37. The molecule has 0 amide bonds. The first-order chi connectivity index (χ1) is 21.3. The molecule has 0 atom stereocenters. The second-order valence-corrected chi connectivity index (χ2v) is 11.0. The van der Waals surface area contributed by atoms with Gasteiger partial charge >= 0.3 is 0 Å². The molecule has 0 bridgehead atoms. The Kier molecular flexibility index (Phi) is 5.20. The molecule has 0 spiro atoms. The first kappa shape index (κ1) is 23.9. The highest BCUT2D eigenvalue weighted by atomic mass is 16.3. The third-order valence-electron chi connectivity index (χ3n) is 8.46. The van der Waals surface area contributed by atoms with Crippen LogP contribution >= 0.6 is 0 Å². The van der Waals surface area contributed by atoms with Gasteiger partial charge in [-0.25, -0.2) is 9.97 Å². The molecule has 2 heterocycles. The maximum absolute atomic E-state index is 6.15. The van der Waals surface area contributed by atoms with Gasteiger partial charge in [-0.3, -0.25) is 0 Å². The first-order valence-corrected chi connectivity index (χ1v) is 14.5. The maximum Gasteiger partial charge on any atom is 0.136 e. The van der Waals surface area contributed by atoms with Crippen LogP contribution < -0.4 is 0 Å². The highest BCUT2D eigenvalue weighted by Crippen LogP contribution is 2.38. The predicted molar refractivity (Wildman–Crippen MR) is 178 cm³/mol. The van der Waals surface area contributed by atoms with E-state index in [-0.39, 0.29) is 0 Å². The van der Waals surface area contributed by atoms with Crippen LogP contribution in [0.2, 0.25) is 0 Å². The van der Waals surface area contributed by atoms with Crippen molar-refractivity contribution in [3.8, 4) is 33.6 Å². The zero-order chi connectivity index (χ0) is 28.3. The number of furan rings is 1. The normalized spacial score (nSPS) is 11.7. The standard InChI is InChI=1S/C40H24N2O/c1-2-9-30-25(8-1)18-21-28-24-29(22-23-31(28)30)40-39(41-34-12-4-5-13-35(34)42-40)27-19-16-26(17-20-27)32-11-7-15-37-38(32)33-10-3-6-14-36(33)43-37/h1-24H. The summed E-state index contributed by atoms with van der Waals surface area (Å²) in [6, 6.07) is 50.8. The van der Waals surface area contributed by atoms with Crippen molar-refractivity contribution in [2.45, 2.75) is 0 Å². The summed E-state index contributed by atoms with van der Waals surface area (Å²) >= 11 is 0. The summed E-state index contributed by atoms with van der Waals surface area (Å²) in [4.78, 5) is 10.3. The number of para-hydroxylation sites is 3. The van der Waals surface area contributed by atoms with Crippen molar-refractivity contribution in [1.29, 1.82) is 0 Å². The number of fused-ring (bicyclic) bond motifs is 7. The predicted octanol–water partition coefficient (Wildman–Crippen LogP) is 10.8. The van der Waals surface area contributed by atoms with Gasteiger partial charge in [-0.1, -0.05) is 115 Å². The van der Waals surface area contributed by atoms with Crippen molar-refractivity contribution in [3.05, 3.63) is 146 Å². The van der Waals surface area contributed by atoms with E-state index in [1.165, 1.54) is 21.5 Å². The average molecular weight is 549 g/mol. The molecule has 0 saturated carbocycles. The van der Waals surface area contributed by atoms with Crippen LogP contribution in [0.25, 0.3) is 88.2 Å². The minimum absolute atomic E-state index is 0.873. The maximum atomic E-state index is 6.15. The van der Waals surface area contributed by atoms with Crippen LogP contribution in [-0.4, -0.2) is 9.97 Å². The molecule has 0 aliphatic heterocycles. The van der Waals surface area contributed by atoms with Gasteiger partial charge in [-0.2, -0.15) is 0 Å². The van der Waals surface area contributed by atoms with Crippen LogP contribution in [0, 0.1) is 0 Å². The summed E-state index contributed by atoms with van der Waals surface area (Å²) in [5.41, 5.74) is 9.68. The minimum atomic E-state index is 0.873. The summed E-state index contributed by atoms with van der Waals surface area (Å²) in [5, 5.41) is 7.19. The van der Waals surface area contributed by atoms with Gasteiger partial charge in [0, 0.05) is 21.9 Å². The van der Waals surface area contributed by atoms with E-state index in [1.807, 2.05) is 42.5 Å². The van der Waals surface area contributed by atoms with Crippen molar-refractivity contribution in [2.24, 2.45) is 0 Å². The molecule has 9 rings (SSSR count). The highest BCUT2D eigenvalue weighted by molar-refractivity contribution is 6.12. The molecule has 9 aromatic rings. The molecular weight excluding hydrogens is 524 g/mol. The van der Waals surface area contributed by atoms with Crippen LogP contribution in [0.15, 0.2) is 150 Å². The average Bonchev–Trinajstić information content (AvgIpc) is 3.46. The Labute approximate surface area is 247 Å². The third-order valence-corrected chi connectivity index (χ3v) is 8.46. The van der Waals surface area contributed by atoms with E-state index >= 15 is 0 Å². The molecule has 0 radical (unpaired) electrons. The second-order valence-electron chi connectivity index (χ2n) is 11.0. The molecule has 0 unspecified atom stereocenters. The van der Waals surface area contributed by atoms with Crippen molar-refractivity contribution in [2.75, 3.05) is 0 Å². The summed E-state index contributed by atoms with van der Waals surface area (Å²) in [6.07, 6.45) is 0. The molecule has 0 aliphatic rings. The van der Waals surface area contributed by atoms with Crippen LogP contribution in [0.1, 0.15) is 0 Å². The molecule has 3 heteroatoms. The van der Waals surface area contributed by atoms with Crippen LogP contribution in [0.4, 0.5) is 0 Å². The molecule has 43 heavy (non-hydrogen) atoms. The lowest BCUT2D eigenvalue weighted by Gasteiger charge is -2.13. The molecule has 0 saturated heterocycles. The number of benzene rings is 7. The lowest BCUT2D eigenvalue weighted by molar-refractivity contribution is 0.669. The van der Waals surface area contributed by atoms with Crippen LogP contribution in [-0.2, 0) is 0 Å². The fourth-order valence-electron chi connectivity index (χ4n) is 6.39. The van der Waals surface area contributed by atoms with Gasteiger partial charge in [0.15, 0.2) is 0 Å². The molecule has 2 aromatic heterocycles. The van der Waals surface area contributed by atoms with Crippen molar-refractivity contribution in [3.63, 3.8) is 0 Å². The Hall–Kier alpha value is -5.80. The monoisotopic (exact) mass is 548 g/mol. The Morgan fingerprint density at radius 3 is 1.84 bits per heavy atom. The lowest BCUT2D eigenvalue weighted by atomic mass is 9.95. The Bertz CT molecular complexity index is 2510. The van der Waals surface area contributed by atoms with Gasteiger partial charge in [-0.05, 0) is 63.0 Å². The molecular formula is C40H24N2O. The van der Waals surface area contributed by atoms with E-state index in [0.717, 1.165) is 66.6 Å². The fraction of sp³-hybridized carbons (Fsp3) is 0. The summed E-state index contributed by atoms with van der Waals surface area (Å²) < 4.78 is 6.15. The lowest BCUT2D eigenvalue weighted by Crippen LogP contribution is -1.95. The van der Waals surface area contributed by atoms with Gasteiger partial charge in [-0.15, -0.1) is 0 Å². The fourth-order valence-corrected chi connectivity index (χ4v) is 6.39. The van der Waals surface area contributed by atoms with Gasteiger partial charge < -0.3 is 4.42 Å². The van der Waals surface area contributed by atoms with E-state index in [1.54, 1.807) is 0 Å². The molecule has 0 N–H and O–H groups in total. The number of hydrogen-bond donors (Lipinski definition) is 0. The number of nitrogens with zero attached hydrogens (tertiary/aromatic N) is 2. The summed E-state index contributed by atoms with van der Waals surface area (Å²) in [6.45, 7) is 0. The van der Waals surface area contributed by atoms with Gasteiger partial charge in [0.1, 0.15) is 11.2 Å². The largest absolute Gasteiger partial charge is 0.456 e. The number of rotatable bonds is 3. The summed E-state index contributed by atoms with van der Waals surface area (Å²) in [5.74, 6) is 0. The van der Waals surface area contributed by atoms with Crippen LogP contribution in [0.3, 0.4) is 0 Å². The van der Waals surface area contributed by atoms with E-state index in [2.05, 4.69) is 103 Å². The van der Waals surface area contributed by atoms with Gasteiger partial charge in [0.2, 0.25) is 0 Å². The Morgan fingerprint density at radius 1 is 0.395 bits per heavy atom. The van der Waals surface area contributed by atoms with E-state index in [0.29, 0.717) is 0 Å². The van der Waals surface area contributed by atoms with E-state index < -0.39 is 0 Å². The van der Waals surface area contributed by atoms with Gasteiger partial charge in [0.25, 0.3) is 0 Å². The third kappa shape index (κ3) is 3.83. The van der Waals surface area contributed by atoms with Crippen molar-refractivity contribution >= 4 is 54.5 Å². The van der Waals surface area contributed by atoms with Crippen molar-refractivity contribution in [1.82, 2.24) is 9.97 Å². The van der Waals surface area contributed by atoms with Crippen LogP contribution in [0.5, 0.6) is 0 Å². The molecule has 0 fully saturated rings. The number of aromatic nitrogens is 2. The molecule has 200 valence electrons. The van der Waals surface area contributed by atoms with E-state index in [9.17, 15) is 0 Å². The van der Waals surface area contributed by atoms with E-state index in [4.69, 9.17) is 14.4 Å². The molecule has 7 aromatic carbocycles. The smallest absolute Gasteiger partial charge is 0.136 e. The first-order valence-electron chi connectivity index (χ1n) is 14.5. The van der Waals surface area contributed by atoms with Crippen molar-refractivity contribution < 1.29 is 4.42 Å².